The number of ether oxygens (including phenoxy) is 2. The van der Waals surface area contributed by atoms with Gasteiger partial charge in [-0.3, -0.25) is 0 Å². The number of hydrogen-bond donors (Lipinski definition) is 0. The van der Waals surface area contributed by atoms with Gasteiger partial charge in [0.05, 0.1) is 19.9 Å². The molecule has 1 aromatic heterocycles. The van der Waals surface area contributed by atoms with Crippen molar-refractivity contribution >= 4 is 22.9 Å². The summed E-state index contributed by atoms with van der Waals surface area (Å²) in [6, 6.07) is 13.3. The third kappa shape index (κ3) is 2.93. The van der Waals surface area contributed by atoms with Gasteiger partial charge in [-0.15, -0.1) is 11.3 Å². The molecule has 0 aliphatic carbocycles. The van der Waals surface area contributed by atoms with Gasteiger partial charge in [0.15, 0.2) is 0 Å². The van der Waals surface area contributed by atoms with Crippen molar-refractivity contribution in [2.45, 2.75) is 0 Å². The fourth-order valence-electron chi connectivity index (χ4n) is 2.14. The lowest BCUT2D eigenvalue weighted by Gasteiger charge is -2.08. The van der Waals surface area contributed by atoms with E-state index in [0.717, 1.165) is 38.4 Å². The van der Waals surface area contributed by atoms with Crippen LogP contribution in [-0.4, -0.2) is 19.2 Å². The summed E-state index contributed by atoms with van der Waals surface area (Å²) in [5.74, 6) is 1.55. The Labute approximate surface area is 138 Å². The van der Waals surface area contributed by atoms with Crippen LogP contribution in [0.3, 0.4) is 0 Å². The average Bonchev–Trinajstić information content (AvgIpc) is 3.04. The summed E-state index contributed by atoms with van der Waals surface area (Å²) in [6.45, 7) is 0. The number of halogens is 1. The maximum Gasteiger partial charge on any atom is 0.128 e. The van der Waals surface area contributed by atoms with Gasteiger partial charge in [-0.1, -0.05) is 23.7 Å². The van der Waals surface area contributed by atoms with E-state index in [-0.39, 0.29) is 0 Å². The summed E-state index contributed by atoms with van der Waals surface area (Å²) in [7, 11) is 3.30. The quantitative estimate of drug-likeness (QED) is 0.662. The molecule has 22 heavy (non-hydrogen) atoms. The van der Waals surface area contributed by atoms with Crippen LogP contribution in [0, 0.1) is 0 Å². The third-order valence-electron chi connectivity index (χ3n) is 3.28. The number of thiazole rings is 1. The van der Waals surface area contributed by atoms with Crippen molar-refractivity contribution in [3.63, 3.8) is 0 Å². The molecule has 3 nitrogen and oxygen atoms in total. The summed E-state index contributed by atoms with van der Waals surface area (Å²) in [5.41, 5.74) is 2.83. The second-order valence-corrected chi connectivity index (χ2v) is 5.91. The molecule has 0 unspecified atom stereocenters. The van der Waals surface area contributed by atoms with Crippen molar-refractivity contribution in [3.05, 3.63) is 52.9 Å². The predicted octanol–water partition coefficient (Wildman–Crippen LogP) is 5.15. The van der Waals surface area contributed by atoms with Crippen LogP contribution in [-0.2, 0) is 0 Å². The molecule has 5 heteroatoms. The maximum atomic E-state index is 5.93. The van der Waals surface area contributed by atoms with Crippen LogP contribution in [0.15, 0.2) is 47.8 Å². The van der Waals surface area contributed by atoms with Crippen molar-refractivity contribution in [1.82, 2.24) is 4.98 Å². The van der Waals surface area contributed by atoms with Crippen molar-refractivity contribution in [1.29, 1.82) is 0 Å². The van der Waals surface area contributed by atoms with Crippen molar-refractivity contribution in [3.8, 4) is 33.3 Å². The fourth-order valence-corrected chi connectivity index (χ4v) is 3.09. The minimum atomic E-state index is 0.718. The molecule has 0 atom stereocenters. The molecule has 0 saturated heterocycles. The summed E-state index contributed by atoms with van der Waals surface area (Å²) in [4.78, 5) is 4.70. The number of methoxy groups -OCH3 is 2. The monoisotopic (exact) mass is 331 g/mol. The highest BCUT2D eigenvalue weighted by Crippen LogP contribution is 2.36. The van der Waals surface area contributed by atoms with Gasteiger partial charge in [0.2, 0.25) is 0 Å². The van der Waals surface area contributed by atoms with E-state index in [1.165, 1.54) is 0 Å². The van der Waals surface area contributed by atoms with Crippen LogP contribution < -0.4 is 9.47 Å². The van der Waals surface area contributed by atoms with Gasteiger partial charge in [0, 0.05) is 21.5 Å². The SMILES string of the molecule is COc1ccc(OC)c(-c2csc(-c3ccc(Cl)cc3)n2)c1. The van der Waals surface area contributed by atoms with Crippen LogP contribution >= 0.6 is 22.9 Å². The number of benzene rings is 2. The van der Waals surface area contributed by atoms with Gasteiger partial charge in [-0.25, -0.2) is 4.98 Å². The van der Waals surface area contributed by atoms with Crippen LogP contribution in [0.25, 0.3) is 21.8 Å². The molecule has 0 N–H and O–H groups in total. The van der Waals surface area contributed by atoms with Gasteiger partial charge in [-0.2, -0.15) is 0 Å². The summed E-state index contributed by atoms with van der Waals surface area (Å²) in [6.07, 6.45) is 0. The molecular formula is C17H14ClNO2S. The van der Waals surface area contributed by atoms with Crippen molar-refractivity contribution in [2.24, 2.45) is 0 Å². The van der Waals surface area contributed by atoms with Gasteiger partial charge in [0.1, 0.15) is 16.5 Å². The molecule has 0 spiro atoms. The van der Waals surface area contributed by atoms with E-state index in [1.807, 2.05) is 47.8 Å². The standard InChI is InChI=1S/C17H14ClNO2S/c1-20-13-7-8-16(21-2)14(9-13)15-10-22-17(19-15)11-3-5-12(18)6-4-11/h3-10H,1-2H3. The van der Waals surface area contributed by atoms with E-state index < -0.39 is 0 Å². The Bertz CT molecular complexity index is 784. The average molecular weight is 332 g/mol. The zero-order chi connectivity index (χ0) is 15.5. The lowest BCUT2D eigenvalue weighted by atomic mass is 10.1. The summed E-state index contributed by atoms with van der Waals surface area (Å²) in [5, 5.41) is 3.67. The normalized spacial score (nSPS) is 10.5. The zero-order valence-electron chi connectivity index (χ0n) is 12.2. The molecule has 3 rings (SSSR count). The van der Waals surface area contributed by atoms with E-state index in [4.69, 9.17) is 26.1 Å². The van der Waals surface area contributed by atoms with Crippen LogP contribution in [0.5, 0.6) is 11.5 Å². The molecule has 112 valence electrons. The first-order valence-electron chi connectivity index (χ1n) is 6.65. The Balaban J connectivity index is 2.01. The van der Waals surface area contributed by atoms with Crippen LogP contribution in [0.4, 0.5) is 0 Å². The second-order valence-electron chi connectivity index (χ2n) is 4.61. The first kappa shape index (κ1) is 14.9. The zero-order valence-corrected chi connectivity index (χ0v) is 13.7. The van der Waals surface area contributed by atoms with E-state index >= 15 is 0 Å². The lowest BCUT2D eigenvalue weighted by molar-refractivity contribution is 0.404. The number of hydrogen-bond acceptors (Lipinski definition) is 4. The van der Waals surface area contributed by atoms with Crippen molar-refractivity contribution < 1.29 is 9.47 Å². The molecule has 0 bridgehead atoms. The predicted molar refractivity (Wildman–Crippen MR) is 91.1 cm³/mol. The molecule has 0 aliphatic heterocycles. The number of rotatable bonds is 4. The highest BCUT2D eigenvalue weighted by Gasteiger charge is 2.12. The molecule has 0 fully saturated rings. The van der Waals surface area contributed by atoms with Crippen LogP contribution in [0.1, 0.15) is 0 Å². The van der Waals surface area contributed by atoms with Gasteiger partial charge < -0.3 is 9.47 Å². The van der Waals surface area contributed by atoms with E-state index in [9.17, 15) is 0 Å². The van der Waals surface area contributed by atoms with Crippen molar-refractivity contribution in [2.75, 3.05) is 14.2 Å². The van der Waals surface area contributed by atoms with Gasteiger partial charge in [0.25, 0.3) is 0 Å². The maximum absolute atomic E-state index is 5.93. The molecule has 0 saturated carbocycles. The molecule has 2 aromatic carbocycles. The Kier molecular flexibility index (Phi) is 4.32. The van der Waals surface area contributed by atoms with Crippen LogP contribution in [0.2, 0.25) is 5.02 Å². The molecule has 0 aliphatic rings. The van der Waals surface area contributed by atoms with Gasteiger partial charge in [-0.05, 0) is 30.3 Å². The Morgan fingerprint density at radius 2 is 1.77 bits per heavy atom. The topological polar surface area (TPSA) is 31.4 Å². The van der Waals surface area contributed by atoms with Gasteiger partial charge >= 0.3 is 0 Å². The minimum absolute atomic E-state index is 0.718. The Hall–Kier alpha value is -2.04. The van der Waals surface area contributed by atoms with E-state index in [1.54, 1.807) is 25.6 Å². The molecular weight excluding hydrogens is 318 g/mol. The Morgan fingerprint density at radius 1 is 1.00 bits per heavy atom. The highest BCUT2D eigenvalue weighted by atomic mass is 35.5. The first-order valence-corrected chi connectivity index (χ1v) is 7.91. The van der Waals surface area contributed by atoms with E-state index in [0.29, 0.717) is 0 Å². The number of nitrogens with zero attached hydrogens (tertiary/aromatic N) is 1. The summed E-state index contributed by atoms with van der Waals surface area (Å²) >= 11 is 7.51. The first-order chi connectivity index (χ1) is 10.7. The summed E-state index contributed by atoms with van der Waals surface area (Å²) < 4.78 is 10.7. The van der Waals surface area contributed by atoms with E-state index in [2.05, 4.69) is 0 Å². The fraction of sp³-hybridized carbons (Fsp3) is 0.118. The smallest absolute Gasteiger partial charge is 0.128 e. The third-order valence-corrected chi connectivity index (χ3v) is 4.42. The molecule has 0 radical (unpaired) electrons. The molecule has 1 heterocycles. The lowest BCUT2D eigenvalue weighted by Crippen LogP contribution is -1.90. The molecule has 0 amide bonds. The molecule has 3 aromatic rings. The number of aromatic nitrogens is 1. The minimum Gasteiger partial charge on any atom is -0.497 e. The highest BCUT2D eigenvalue weighted by molar-refractivity contribution is 7.13. The Morgan fingerprint density at radius 3 is 2.45 bits per heavy atom. The largest absolute Gasteiger partial charge is 0.497 e. The second kappa shape index (κ2) is 6.38.